The molecule has 4 aromatic rings. The van der Waals surface area contributed by atoms with Crippen LogP contribution in [0.25, 0.3) is 11.0 Å². The van der Waals surface area contributed by atoms with Gasteiger partial charge in [0.15, 0.2) is 0 Å². The Bertz CT molecular complexity index is 1020. The number of nitrogens with zero attached hydrogens (tertiary/aromatic N) is 2. The predicted molar refractivity (Wildman–Crippen MR) is 112 cm³/mol. The molecule has 0 fully saturated rings. The molecule has 0 saturated heterocycles. The average molecular weight is 372 g/mol. The van der Waals surface area contributed by atoms with Crippen molar-refractivity contribution in [2.24, 2.45) is 0 Å². The molecule has 0 aliphatic rings. The Labute approximate surface area is 165 Å². The number of hydrogen-bond donors (Lipinski definition) is 0. The molecule has 3 aromatic carbocycles. The molecule has 0 amide bonds. The van der Waals surface area contributed by atoms with E-state index in [1.165, 1.54) is 5.56 Å². The van der Waals surface area contributed by atoms with Crippen LogP contribution in [0.4, 0.5) is 0 Å². The van der Waals surface area contributed by atoms with Crippen LogP contribution < -0.4 is 9.47 Å². The Morgan fingerprint density at radius 2 is 1.50 bits per heavy atom. The first-order valence-electron chi connectivity index (χ1n) is 9.67. The summed E-state index contributed by atoms with van der Waals surface area (Å²) in [6.45, 7) is 4.02. The van der Waals surface area contributed by atoms with Gasteiger partial charge < -0.3 is 14.0 Å². The number of imidazole rings is 1. The van der Waals surface area contributed by atoms with Gasteiger partial charge in [0, 0.05) is 6.54 Å². The minimum absolute atomic E-state index is 0.427. The SMILES string of the molecule is CCCOc1ccc(Cn2c(COc3ccccc3)nc3ccccc32)cc1. The van der Waals surface area contributed by atoms with E-state index < -0.39 is 0 Å². The van der Waals surface area contributed by atoms with E-state index in [0.717, 1.165) is 47.9 Å². The topological polar surface area (TPSA) is 36.3 Å². The van der Waals surface area contributed by atoms with Crippen LogP contribution in [-0.2, 0) is 13.2 Å². The van der Waals surface area contributed by atoms with E-state index in [1.54, 1.807) is 0 Å². The van der Waals surface area contributed by atoms with Gasteiger partial charge in [-0.1, -0.05) is 49.4 Å². The van der Waals surface area contributed by atoms with Crippen LogP contribution >= 0.6 is 0 Å². The van der Waals surface area contributed by atoms with Gasteiger partial charge in [0.1, 0.15) is 23.9 Å². The molecule has 142 valence electrons. The molecule has 0 aliphatic carbocycles. The summed E-state index contributed by atoms with van der Waals surface area (Å²) in [4.78, 5) is 4.80. The summed E-state index contributed by atoms with van der Waals surface area (Å²) in [5.74, 6) is 2.67. The van der Waals surface area contributed by atoms with Gasteiger partial charge in [-0.15, -0.1) is 0 Å². The molecule has 0 radical (unpaired) electrons. The molecule has 0 saturated carbocycles. The fourth-order valence-electron chi connectivity index (χ4n) is 3.17. The van der Waals surface area contributed by atoms with Gasteiger partial charge in [0.2, 0.25) is 0 Å². The zero-order valence-corrected chi connectivity index (χ0v) is 16.0. The van der Waals surface area contributed by atoms with Crippen LogP contribution in [0.1, 0.15) is 24.7 Å². The number of fused-ring (bicyclic) bond motifs is 1. The van der Waals surface area contributed by atoms with E-state index in [2.05, 4.69) is 29.7 Å². The van der Waals surface area contributed by atoms with Gasteiger partial charge in [0.05, 0.1) is 17.6 Å². The number of hydrogen-bond acceptors (Lipinski definition) is 3. The molecule has 0 atom stereocenters. The van der Waals surface area contributed by atoms with Crippen molar-refractivity contribution >= 4 is 11.0 Å². The lowest BCUT2D eigenvalue weighted by atomic mass is 10.2. The molecular formula is C24H24N2O2. The van der Waals surface area contributed by atoms with Crippen LogP contribution in [-0.4, -0.2) is 16.2 Å². The highest BCUT2D eigenvalue weighted by molar-refractivity contribution is 5.76. The van der Waals surface area contributed by atoms with Gasteiger partial charge in [0.25, 0.3) is 0 Å². The number of ether oxygens (including phenoxy) is 2. The zero-order chi connectivity index (χ0) is 19.2. The Balaban J connectivity index is 1.58. The van der Waals surface area contributed by atoms with E-state index in [4.69, 9.17) is 14.5 Å². The third kappa shape index (κ3) is 4.17. The summed E-state index contributed by atoms with van der Waals surface area (Å²) in [5, 5.41) is 0. The third-order valence-electron chi connectivity index (χ3n) is 4.58. The number of rotatable bonds is 8. The first kappa shape index (κ1) is 18.1. The molecular weight excluding hydrogens is 348 g/mol. The highest BCUT2D eigenvalue weighted by Gasteiger charge is 2.12. The Morgan fingerprint density at radius 1 is 0.786 bits per heavy atom. The van der Waals surface area contributed by atoms with Crippen LogP contribution in [0.3, 0.4) is 0 Å². The molecule has 0 bridgehead atoms. The normalized spacial score (nSPS) is 10.9. The quantitative estimate of drug-likeness (QED) is 0.412. The molecule has 4 heteroatoms. The molecule has 0 unspecified atom stereocenters. The smallest absolute Gasteiger partial charge is 0.148 e. The maximum Gasteiger partial charge on any atom is 0.148 e. The largest absolute Gasteiger partial charge is 0.494 e. The standard InChI is InChI=1S/C24H24N2O2/c1-2-16-27-21-14-12-19(13-15-21)17-26-23-11-7-6-10-22(23)25-24(26)18-28-20-8-4-3-5-9-20/h3-15H,2,16-18H2,1H3. The summed E-state index contributed by atoms with van der Waals surface area (Å²) in [6, 6.07) is 26.3. The summed E-state index contributed by atoms with van der Waals surface area (Å²) in [5.41, 5.74) is 3.30. The maximum atomic E-state index is 5.96. The highest BCUT2D eigenvalue weighted by Crippen LogP contribution is 2.21. The second kappa shape index (κ2) is 8.61. The van der Waals surface area contributed by atoms with Gasteiger partial charge in [-0.3, -0.25) is 0 Å². The summed E-state index contributed by atoms with van der Waals surface area (Å²) in [6.07, 6.45) is 1.01. The predicted octanol–water partition coefficient (Wildman–Crippen LogP) is 5.45. The lowest BCUT2D eigenvalue weighted by Gasteiger charge is -2.11. The van der Waals surface area contributed by atoms with Crippen molar-refractivity contribution < 1.29 is 9.47 Å². The average Bonchev–Trinajstić information content (AvgIpc) is 3.10. The second-order valence-corrected chi connectivity index (χ2v) is 6.70. The Hall–Kier alpha value is -3.27. The molecule has 1 aromatic heterocycles. The third-order valence-corrected chi connectivity index (χ3v) is 4.58. The summed E-state index contributed by atoms with van der Waals surface area (Å²) in [7, 11) is 0. The number of benzene rings is 3. The molecule has 0 spiro atoms. The lowest BCUT2D eigenvalue weighted by Crippen LogP contribution is -2.08. The van der Waals surface area contributed by atoms with Crippen molar-refractivity contribution in [3.05, 3.63) is 90.3 Å². The summed E-state index contributed by atoms with van der Waals surface area (Å²) >= 11 is 0. The Morgan fingerprint density at radius 3 is 2.29 bits per heavy atom. The van der Waals surface area contributed by atoms with Gasteiger partial charge in [-0.05, 0) is 48.4 Å². The van der Waals surface area contributed by atoms with E-state index >= 15 is 0 Å². The van der Waals surface area contributed by atoms with Gasteiger partial charge >= 0.3 is 0 Å². The van der Waals surface area contributed by atoms with Crippen molar-refractivity contribution in [3.63, 3.8) is 0 Å². The van der Waals surface area contributed by atoms with Crippen molar-refractivity contribution in [2.75, 3.05) is 6.61 Å². The van der Waals surface area contributed by atoms with Gasteiger partial charge in [-0.2, -0.15) is 0 Å². The number of aromatic nitrogens is 2. The fourth-order valence-corrected chi connectivity index (χ4v) is 3.17. The molecule has 0 N–H and O–H groups in total. The molecule has 4 rings (SSSR count). The van der Waals surface area contributed by atoms with Crippen LogP contribution in [0.2, 0.25) is 0 Å². The highest BCUT2D eigenvalue weighted by atomic mass is 16.5. The maximum absolute atomic E-state index is 5.96. The number of para-hydroxylation sites is 3. The first-order chi connectivity index (χ1) is 13.8. The van der Waals surface area contributed by atoms with E-state index in [9.17, 15) is 0 Å². The van der Waals surface area contributed by atoms with Crippen LogP contribution in [0, 0.1) is 0 Å². The zero-order valence-electron chi connectivity index (χ0n) is 16.0. The Kier molecular flexibility index (Phi) is 5.57. The second-order valence-electron chi connectivity index (χ2n) is 6.70. The lowest BCUT2D eigenvalue weighted by molar-refractivity contribution is 0.291. The van der Waals surface area contributed by atoms with Crippen molar-refractivity contribution in [2.45, 2.75) is 26.5 Å². The monoisotopic (exact) mass is 372 g/mol. The molecule has 0 aliphatic heterocycles. The van der Waals surface area contributed by atoms with Gasteiger partial charge in [-0.25, -0.2) is 4.98 Å². The van der Waals surface area contributed by atoms with E-state index in [0.29, 0.717) is 6.61 Å². The van der Waals surface area contributed by atoms with E-state index in [1.807, 2.05) is 60.7 Å². The van der Waals surface area contributed by atoms with Crippen LogP contribution in [0.5, 0.6) is 11.5 Å². The minimum Gasteiger partial charge on any atom is -0.494 e. The molecule has 1 heterocycles. The molecule has 4 nitrogen and oxygen atoms in total. The van der Waals surface area contributed by atoms with Crippen LogP contribution in [0.15, 0.2) is 78.9 Å². The van der Waals surface area contributed by atoms with Crippen molar-refractivity contribution in [3.8, 4) is 11.5 Å². The molecule has 28 heavy (non-hydrogen) atoms. The van der Waals surface area contributed by atoms with Crippen molar-refractivity contribution in [1.82, 2.24) is 9.55 Å². The van der Waals surface area contributed by atoms with E-state index in [-0.39, 0.29) is 0 Å². The minimum atomic E-state index is 0.427. The fraction of sp³-hybridized carbons (Fsp3) is 0.208. The summed E-state index contributed by atoms with van der Waals surface area (Å²) < 4.78 is 13.9. The first-order valence-corrected chi connectivity index (χ1v) is 9.67. The van der Waals surface area contributed by atoms with Crippen molar-refractivity contribution in [1.29, 1.82) is 0 Å².